The van der Waals surface area contributed by atoms with Crippen molar-refractivity contribution in [2.45, 2.75) is 25.3 Å². The average Bonchev–Trinajstić information content (AvgIpc) is 2.71. The number of nitrogens with zero attached hydrogens (tertiary/aromatic N) is 2. The highest BCUT2D eigenvalue weighted by molar-refractivity contribution is 5.75. The molecule has 1 aromatic rings. The molecule has 0 aromatic heterocycles. The van der Waals surface area contributed by atoms with Crippen LogP contribution in [-0.2, 0) is 11.2 Å². The molecule has 1 atom stereocenters. The van der Waals surface area contributed by atoms with Gasteiger partial charge in [-0.25, -0.2) is 4.99 Å². The SMILES string of the molecule is CC1=NC(CCc2ccc(O)cc2)(CN=O)CO1. The molecule has 5 heteroatoms. The third-order valence-electron chi connectivity index (χ3n) is 3.12. The minimum absolute atomic E-state index is 0.141. The third kappa shape index (κ3) is 2.85. The third-order valence-corrected chi connectivity index (χ3v) is 3.12. The zero-order chi connectivity index (χ0) is 13.0. The van der Waals surface area contributed by atoms with Gasteiger partial charge in [0.05, 0.1) is 0 Å². The molecule has 0 saturated heterocycles. The van der Waals surface area contributed by atoms with Gasteiger partial charge in [-0.05, 0) is 30.5 Å². The summed E-state index contributed by atoms with van der Waals surface area (Å²) in [6.07, 6.45) is 1.48. The highest BCUT2D eigenvalue weighted by Gasteiger charge is 2.35. The number of nitroso groups, excluding NO2 is 1. The Balaban J connectivity index is 2.02. The Labute approximate surface area is 105 Å². The Morgan fingerprint density at radius 3 is 2.72 bits per heavy atom. The fourth-order valence-electron chi connectivity index (χ4n) is 2.09. The van der Waals surface area contributed by atoms with Crippen molar-refractivity contribution in [3.8, 4) is 5.75 Å². The lowest BCUT2D eigenvalue weighted by Crippen LogP contribution is -2.32. The van der Waals surface area contributed by atoms with Crippen LogP contribution in [0.25, 0.3) is 0 Å². The van der Waals surface area contributed by atoms with E-state index in [1.807, 2.05) is 12.1 Å². The number of aryl methyl sites for hydroxylation is 1. The molecule has 1 aromatic carbocycles. The topological polar surface area (TPSA) is 71.2 Å². The summed E-state index contributed by atoms with van der Waals surface area (Å²) < 4.78 is 5.34. The lowest BCUT2D eigenvalue weighted by molar-refractivity contribution is 0.247. The molecule has 1 aliphatic rings. The van der Waals surface area contributed by atoms with Gasteiger partial charge in [0.25, 0.3) is 0 Å². The van der Waals surface area contributed by atoms with Crippen LogP contribution < -0.4 is 0 Å². The summed E-state index contributed by atoms with van der Waals surface area (Å²) in [6, 6.07) is 7.03. The monoisotopic (exact) mass is 248 g/mol. The minimum Gasteiger partial charge on any atom is -0.508 e. The number of hydrogen-bond donors (Lipinski definition) is 1. The van der Waals surface area contributed by atoms with Crippen LogP contribution in [0.5, 0.6) is 5.75 Å². The van der Waals surface area contributed by atoms with Gasteiger partial charge >= 0.3 is 0 Å². The normalized spacial score (nSPS) is 22.4. The van der Waals surface area contributed by atoms with Gasteiger partial charge < -0.3 is 9.84 Å². The molecule has 0 amide bonds. The van der Waals surface area contributed by atoms with Crippen LogP contribution in [0.3, 0.4) is 0 Å². The van der Waals surface area contributed by atoms with Crippen molar-refractivity contribution in [1.29, 1.82) is 0 Å². The van der Waals surface area contributed by atoms with Crippen LogP contribution in [0, 0.1) is 4.91 Å². The molecule has 0 fully saturated rings. The first-order chi connectivity index (χ1) is 8.63. The van der Waals surface area contributed by atoms with Crippen LogP contribution in [0.1, 0.15) is 18.9 Å². The van der Waals surface area contributed by atoms with Gasteiger partial charge in [-0.15, -0.1) is 0 Å². The number of phenolic OH excluding ortho intramolecular Hbond substituents is 1. The maximum atomic E-state index is 10.5. The minimum atomic E-state index is -0.510. The summed E-state index contributed by atoms with van der Waals surface area (Å²) in [4.78, 5) is 14.9. The number of aliphatic imine (C=N–C) groups is 1. The van der Waals surface area contributed by atoms with E-state index >= 15 is 0 Å². The summed E-state index contributed by atoms with van der Waals surface area (Å²) in [5.41, 5.74) is 0.585. The second-order valence-electron chi connectivity index (χ2n) is 4.60. The van der Waals surface area contributed by atoms with Gasteiger partial charge in [0.15, 0.2) is 5.90 Å². The van der Waals surface area contributed by atoms with E-state index in [0.717, 1.165) is 12.0 Å². The van der Waals surface area contributed by atoms with Crippen molar-refractivity contribution in [2.75, 3.05) is 13.2 Å². The number of rotatable bonds is 5. The largest absolute Gasteiger partial charge is 0.508 e. The van der Waals surface area contributed by atoms with Crippen molar-refractivity contribution in [3.05, 3.63) is 34.7 Å². The summed E-state index contributed by atoms with van der Waals surface area (Å²) in [7, 11) is 0. The van der Waals surface area contributed by atoms with E-state index in [9.17, 15) is 10.0 Å². The summed E-state index contributed by atoms with van der Waals surface area (Å²) >= 11 is 0. The van der Waals surface area contributed by atoms with Crippen molar-refractivity contribution in [2.24, 2.45) is 10.2 Å². The maximum absolute atomic E-state index is 10.5. The number of ether oxygens (including phenoxy) is 1. The predicted molar refractivity (Wildman–Crippen MR) is 68.9 cm³/mol. The molecular formula is C13H16N2O3. The number of aromatic hydroxyl groups is 1. The molecule has 0 radical (unpaired) electrons. The molecule has 1 N–H and O–H groups in total. The van der Waals surface area contributed by atoms with Gasteiger partial charge in [0.1, 0.15) is 24.4 Å². The molecule has 18 heavy (non-hydrogen) atoms. The summed E-state index contributed by atoms with van der Waals surface area (Å²) in [5, 5.41) is 12.2. The maximum Gasteiger partial charge on any atom is 0.180 e. The van der Waals surface area contributed by atoms with E-state index in [0.29, 0.717) is 18.9 Å². The van der Waals surface area contributed by atoms with E-state index in [1.165, 1.54) is 0 Å². The Kier molecular flexibility index (Phi) is 3.60. The molecule has 2 rings (SSSR count). The zero-order valence-corrected chi connectivity index (χ0v) is 10.3. The molecule has 0 bridgehead atoms. The van der Waals surface area contributed by atoms with Crippen molar-refractivity contribution in [1.82, 2.24) is 0 Å². The summed E-state index contributed by atoms with van der Waals surface area (Å²) in [5.74, 6) is 0.866. The average molecular weight is 248 g/mol. The van der Waals surface area contributed by atoms with E-state index in [4.69, 9.17) is 4.74 Å². The van der Waals surface area contributed by atoms with Gasteiger partial charge in [0.2, 0.25) is 0 Å². The Hall–Kier alpha value is -1.91. The number of phenols is 1. The molecular weight excluding hydrogens is 232 g/mol. The van der Waals surface area contributed by atoms with Crippen LogP contribution in [-0.4, -0.2) is 29.7 Å². The standard InChI is InChI=1S/C13H16N2O3/c1-10-15-13(8-14-17,9-18-10)7-6-11-2-4-12(16)5-3-11/h2-5,16H,6-9H2,1H3. The number of benzene rings is 1. The molecule has 1 heterocycles. The molecule has 1 aliphatic heterocycles. The molecule has 0 saturated carbocycles. The van der Waals surface area contributed by atoms with E-state index in [1.54, 1.807) is 19.1 Å². The highest BCUT2D eigenvalue weighted by Crippen LogP contribution is 2.26. The van der Waals surface area contributed by atoms with Gasteiger partial charge in [-0.1, -0.05) is 17.3 Å². The lowest BCUT2D eigenvalue weighted by atomic mass is 9.93. The van der Waals surface area contributed by atoms with Crippen molar-refractivity contribution in [3.63, 3.8) is 0 Å². The molecule has 5 nitrogen and oxygen atoms in total. The predicted octanol–water partition coefficient (Wildman–Crippen LogP) is 2.28. The first-order valence-corrected chi connectivity index (χ1v) is 5.90. The van der Waals surface area contributed by atoms with Crippen LogP contribution >= 0.6 is 0 Å². The molecule has 1 unspecified atom stereocenters. The fourth-order valence-corrected chi connectivity index (χ4v) is 2.09. The van der Waals surface area contributed by atoms with E-state index in [-0.39, 0.29) is 12.3 Å². The molecule has 0 aliphatic carbocycles. The highest BCUT2D eigenvalue weighted by atomic mass is 16.5. The van der Waals surface area contributed by atoms with Gasteiger partial charge in [0, 0.05) is 6.92 Å². The van der Waals surface area contributed by atoms with Crippen LogP contribution in [0.15, 0.2) is 34.4 Å². The van der Waals surface area contributed by atoms with Gasteiger partial charge in [-0.3, -0.25) is 0 Å². The quantitative estimate of drug-likeness (QED) is 0.812. The van der Waals surface area contributed by atoms with Crippen molar-refractivity contribution < 1.29 is 9.84 Å². The van der Waals surface area contributed by atoms with Gasteiger partial charge in [-0.2, -0.15) is 4.91 Å². The number of hydrogen-bond acceptors (Lipinski definition) is 5. The second-order valence-corrected chi connectivity index (χ2v) is 4.60. The van der Waals surface area contributed by atoms with Crippen LogP contribution in [0.2, 0.25) is 0 Å². The summed E-state index contributed by atoms with van der Waals surface area (Å²) in [6.45, 7) is 2.35. The van der Waals surface area contributed by atoms with E-state index < -0.39 is 5.54 Å². The van der Waals surface area contributed by atoms with Crippen molar-refractivity contribution >= 4 is 5.90 Å². The smallest absolute Gasteiger partial charge is 0.180 e. The Bertz CT molecular complexity index is 456. The first-order valence-electron chi connectivity index (χ1n) is 5.90. The lowest BCUT2D eigenvalue weighted by Gasteiger charge is -2.20. The second kappa shape index (κ2) is 5.16. The van der Waals surface area contributed by atoms with Crippen LogP contribution in [0.4, 0.5) is 0 Å². The fraction of sp³-hybridized carbons (Fsp3) is 0.462. The van der Waals surface area contributed by atoms with E-state index in [2.05, 4.69) is 10.2 Å². The molecule has 0 spiro atoms. The Morgan fingerprint density at radius 2 is 2.17 bits per heavy atom. The zero-order valence-electron chi connectivity index (χ0n) is 10.3. The molecule has 96 valence electrons. The Morgan fingerprint density at radius 1 is 1.44 bits per heavy atom. The first kappa shape index (κ1) is 12.5.